The number of carbonyl (C=O) groups excluding carboxylic acids is 1. The van der Waals surface area contributed by atoms with Gasteiger partial charge in [0.15, 0.2) is 0 Å². The molecule has 2 rings (SSSR count). The Morgan fingerprint density at radius 1 is 1.21 bits per heavy atom. The lowest BCUT2D eigenvalue weighted by atomic mass is 9.98. The molecule has 0 spiro atoms. The van der Waals surface area contributed by atoms with Gasteiger partial charge in [0.05, 0.1) is 12.1 Å². The number of halogens is 3. The minimum atomic E-state index is -0.578. The normalized spacial score (nSPS) is 12.8. The van der Waals surface area contributed by atoms with Crippen LogP contribution in [-0.2, 0) is 4.79 Å². The number of hydrogen-bond acceptors (Lipinski definition) is 2. The van der Waals surface area contributed by atoms with Gasteiger partial charge >= 0.3 is 0 Å². The highest BCUT2D eigenvalue weighted by atomic mass is 35.5. The molecule has 0 aliphatic heterocycles. The molecule has 0 fully saturated rings. The molecule has 3 nitrogen and oxygen atoms in total. The van der Waals surface area contributed by atoms with Crippen LogP contribution in [0.1, 0.15) is 36.9 Å². The zero-order valence-electron chi connectivity index (χ0n) is 13.3. The van der Waals surface area contributed by atoms with Crippen LogP contribution < -0.4 is 11.1 Å². The van der Waals surface area contributed by atoms with Crippen LogP contribution in [0, 0.1) is 5.82 Å². The predicted molar refractivity (Wildman–Crippen MR) is 98.0 cm³/mol. The number of nitrogens with two attached hydrogens (primary N) is 1. The summed E-state index contributed by atoms with van der Waals surface area (Å²) in [6.07, 6.45) is 1.42. The van der Waals surface area contributed by atoms with E-state index in [1.54, 1.807) is 18.2 Å². The molecule has 2 aromatic rings. The molecule has 0 saturated heterocycles. The van der Waals surface area contributed by atoms with Gasteiger partial charge in [-0.2, -0.15) is 0 Å². The summed E-state index contributed by atoms with van der Waals surface area (Å²) in [6.45, 7) is 1.97. The van der Waals surface area contributed by atoms with E-state index in [0.717, 1.165) is 17.5 Å². The summed E-state index contributed by atoms with van der Waals surface area (Å²) in [7, 11) is 0. The first-order valence-corrected chi connectivity index (χ1v) is 7.96. The van der Waals surface area contributed by atoms with E-state index in [2.05, 4.69) is 5.32 Å². The van der Waals surface area contributed by atoms with Crippen molar-refractivity contribution in [1.82, 2.24) is 5.32 Å². The highest BCUT2D eigenvalue weighted by molar-refractivity contribution is 6.31. The third-order valence-corrected chi connectivity index (χ3v) is 3.99. The maximum atomic E-state index is 13.2. The summed E-state index contributed by atoms with van der Waals surface area (Å²) in [5, 5.41) is 3.46. The number of benzene rings is 2. The van der Waals surface area contributed by atoms with Crippen molar-refractivity contribution < 1.29 is 9.18 Å². The molecule has 24 heavy (non-hydrogen) atoms. The second kappa shape index (κ2) is 9.62. The highest BCUT2D eigenvalue weighted by Crippen LogP contribution is 2.28. The summed E-state index contributed by atoms with van der Waals surface area (Å²) < 4.78 is 13.2. The van der Waals surface area contributed by atoms with E-state index in [4.69, 9.17) is 17.3 Å². The van der Waals surface area contributed by atoms with E-state index in [1.807, 2.05) is 25.1 Å². The van der Waals surface area contributed by atoms with Crippen LogP contribution in [0.2, 0.25) is 5.02 Å². The van der Waals surface area contributed by atoms with Gasteiger partial charge in [0.2, 0.25) is 5.91 Å². The third-order valence-electron chi connectivity index (χ3n) is 3.64. The van der Waals surface area contributed by atoms with E-state index in [0.29, 0.717) is 11.4 Å². The van der Waals surface area contributed by atoms with E-state index in [9.17, 15) is 9.18 Å². The Kier molecular flexibility index (Phi) is 8.19. The molecule has 2 aromatic carbocycles. The van der Waals surface area contributed by atoms with E-state index >= 15 is 0 Å². The summed E-state index contributed by atoms with van der Waals surface area (Å²) in [4.78, 5) is 12.3. The lowest BCUT2D eigenvalue weighted by Crippen LogP contribution is -2.42. The molecule has 0 heterocycles. The molecular weight excluding hydrogens is 350 g/mol. The summed E-state index contributed by atoms with van der Waals surface area (Å²) in [5.74, 6) is -0.582. The molecule has 2 atom stereocenters. The second-order valence-corrected chi connectivity index (χ2v) is 5.82. The number of amides is 1. The Labute approximate surface area is 152 Å². The first kappa shape index (κ1) is 20.4. The smallest absolute Gasteiger partial charge is 0.237 e. The van der Waals surface area contributed by atoms with Crippen LogP contribution in [0.3, 0.4) is 0 Å². The first-order valence-electron chi connectivity index (χ1n) is 7.58. The fourth-order valence-corrected chi connectivity index (χ4v) is 2.64. The van der Waals surface area contributed by atoms with Crippen molar-refractivity contribution in [3.8, 4) is 0 Å². The number of rotatable bonds is 6. The lowest BCUT2D eigenvalue weighted by molar-refractivity contribution is -0.123. The van der Waals surface area contributed by atoms with Gasteiger partial charge in [-0.3, -0.25) is 4.79 Å². The number of carbonyl (C=O) groups is 1. The molecule has 0 saturated carbocycles. The van der Waals surface area contributed by atoms with Gasteiger partial charge in [-0.15, -0.1) is 12.4 Å². The molecular formula is C18H21Cl2FN2O. The van der Waals surface area contributed by atoms with E-state index in [1.165, 1.54) is 12.1 Å². The molecule has 0 aliphatic carbocycles. The van der Waals surface area contributed by atoms with Gasteiger partial charge in [0, 0.05) is 5.02 Å². The molecule has 130 valence electrons. The molecule has 1 amide bonds. The maximum absolute atomic E-state index is 13.2. The van der Waals surface area contributed by atoms with Gasteiger partial charge in [-0.25, -0.2) is 4.39 Å². The van der Waals surface area contributed by atoms with Crippen LogP contribution in [0.25, 0.3) is 0 Å². The third kappa shape index (κ3) is 5.20. The fourth-order valence-electron chi connectivity index (χ4n) is 2.40. The summed E-state index contributed by atoms with van der Waals surface area (Å²) in [5.41, 5.74) is 7.38. The Hall–Kier alpha value is -1.62. The Morgan fingerprint density at radius 2 is 1.83 bits per heavy atom. The molecule has 0 aromatic heterocycles. The van der Waals surface area contributed by atoms with Crippen molar-refractivity contribution in [2.75, 3.05) is 0 Å². The highest BCUT2D eigenvalue weighted by Gasteiger charge is 2.22. The zero-order chi connectivity index (χ0) is 16.8. The van der Waals surface area contributed by atoms with Gasteiger partial charge in [-0.1, -0.05) is 55.3 Å². The number of nitrogens with one attached hydrogen (secondary N) is 1. The van der Waals surface area contributed by atoms with Crippen molar-refractivity contribution in [1.29, 1.82) is 0 Å². The second-order valence-electron chi connectivity index (χ2n) is 5.41. The van der Waals surface area contributed by atoms with Gasteiger partial charge in [-0.05, 0) is 35.7 Å². The Bertz CT molecular complexity index is 664. The largest absolute Gasteiger partial charge is 0.344 e. The molecule has 6 heteroatoms. The zero-order valence-corrected chi connectivity index (χ0v) is 14.9. The molecule has 0 bridgehead atoms. The standard InChI is InChI=1S/C18H20ClFN2O.ClH/c1-2-5-16(21)18(23)22-17(12-8-10-13(20)11-9-12)14-6-3-4-7-15(14)19;/h3-4,6-11,16-17H,2,5,21H2,1H3,(H,22,23);1H. The number of hydrogen-bond donors (Lipinski definition) is 2. The maximum Gasteiger partial charge on any atom is 0.237 e. The van der Waals surface area contributed by atoms with Crippen LogP contribution in [0.5, 0.6) is 0 Å². The quantitative estimate of drug-likeness (QED) is 0.798. The average molecular weight is 371 g/mol. The average Bonchev–Trinajstić information content (AvgIpc) is 2.54. The summed E-state index contributed by atoms with van der Waals surface area (Å²) >= 11 is 6.27. The van der Waals surface area contributed by atoms with E-state index < -0.39 is 12.1 Å². The SMILES string of the molecule is CCCC(N)C(=O)NC(c1ccc(F)cc1)c1ccccc1Cl.Cl. The van der Waals surface area contributed by atoms with E-state index in [-0.39, 0.29) is 24.1 Å². The van der Waals surface area contributed by atoms with Crippen LogP contribution in [0.4, 0.5) is 4.39 Å². The van der Waals surface area contributed by atoms with Gasteiger partial charge in [0.1, 0.15) is 5.82 Å². The van der Waals surface area contributed by atoms with Crippen molar-refractivity contribution in [2.45, 2.75) is 31.8 Å². The molecule has 0 aliphatic rings. The monoisotopic (exact) mass is 370 g/mol. The molecule has 3 N–H and O–H groups in total. The van der Waals surface area contributed by atoms with Crippen LogP contribution in [0.15, 0.2) is 48.5 Å². The van der Waals surface area contributed by atoms with Crippen molar-refractivity contribution in [2.24, 2.45) is 5.73 Å². The minimum Gasteiger partial charge on any atom is -0.344 e. The van der Waals surface area contributed by atoms with Gasteiger partial charge < -0.3 is 11.1 Å². The van der Waals surface area contributed by atoms with Crippen molar-refractivity contribution in [3.05, 3.63) is 70.5 Å². The van der Waals surface area contributed by atoms with Crippen molar-refractivity contribution in [3.63, 3.8) is 0 Å². The van der Waals surface area contributed by atoms with Crippen LogP contribution in [-0.4, -0.2) is 11.9 Å². The first-order chi connectivity index (χ1) is 11.0. The van der Waals surface area contributed by atoms with Crippen LogP contribution >= 0.6 is 24.0 Å². The molecule has 2 unspecified atom stereocenters. The van der Waals surface area contributed by atoms with Gasteiger partial charge in [0.25, 0.3) is 0 Å². The fraction of sp³-hybridized carbons (Fsp3) is 0.278. The lowest BCUT2D eigenvalue weighted by Gasteiger charge is -2.23. The molecule has 0 radical (unpaired) electrons. The topological polar surface area (TPSA) is 55.1 Å². The predicted octanol–water partition coefficient (Wildman–Crippen LogP) is 4.23. The Morgan fingerprint density at radius 3 is 2.42 bits per heavy atom. The summed E-state index contributed by atoms with van der Waals surface area (Å²) in [6, 6.07) is 12.2. The van der Waals surface area contributed by atoms with Crippen molar-refractivity contribution >= 4 is 29.9 Å². The Balaban J connectivity index is 0.00000288. The minimum absolute atomic E-state index is 0.